The molecule has 10 heteroatoms. The second-order valence-corrected chi connectivity index (χ2v) is 8.41. The highest BCUT2D eigenvalue weighted by atomic mass is 35.5. The Morgan fingerprint density at radius 3 is 2.93 bits per heavy atom. The van der Waals surface area contributed by atoms with Crippen LogP contribution in [0.3, 0.4) is 0 Å². The van der Waals surface area contributed by atoms with Gasteiger partial charge in [0, 0.05) is 30.1 Å². The minimum atomic E-state index is 0.259. The van der Waals surface area contributed by atoms with Crippen LogP contribution in [0.5, 0.6) is 11.8 Å². The van der Waals surface area contributed by atoms with Crippen LogP contribution in [0.25, 0.3) is 0 Å². The normalized spacial score (nSPS) is 22.1. The van der Waals surface area contributed by atoms with Crippen LogP contribution >= 0.6 is 23.2 Å². The van der Waals surface area contributed by atoms with Gasteiger partial charge in [-0.3, -0.25) is 0 Å². The molecule has 0 spiro atoms. The Balaban J connectivity index is 1.32. The van der Waals surface area contributed by atoms with Crippen molar-refractivity contribution in [3.63, 3.8) is 0 Å². The van der Waals surface area contributed by atoms with Gasteiger partial charge in [0.05, 0.1) is 12.1 Å². The van der Waals surface area contributed by atoms with Gasteiger partial charge in [0.25, 0.3) is 0 Å². The minimum absolute atomic E-state index is 0.259. The summed E-state index contributed by atoms with van der Waals surface area (Å²) in [7, 11) is 0. The summed E-state index contributed by atoms with van der Waals surface area (Å²) < 4.78 is 7.74. The van der Waals surface area contributed by atoms with Crippen molar-refractivity contribution in [2.24, 2.45) is 5.92 Å². The summed E-state index contributed by atoms with van der Waals surface area (Å²) in [4.78, 5) is 15.2. The molecule has 6 rings (SSSR count). The average Bonchev–Trinajstić information content (AvgIpc) is 3.41. The molecule has 3 fully saturated rings. The van der Waals surface area contributed by atoms with Gasteiger partial charge in [0.2, 0.25) is 5.95 Å². The molecule has 3 aromatic rings. The van der Waals surface area contributed by atoms with E-state index in [9.17, 15) is 0 Å². The number of ether oxygens (including phenoxy) is 1. The van der Waals surface area contributed by atoms with E-state index in [-0.39, 0.29) is 6.04 Å². The maximum Gasteiger partial charge on any atom is 0.322 e. The maximum absolute atomic E-state index is 6.07. The first-order valence-electron chi connectivity index (χ1n) is 9.99. The van der Waals surface area contributed by atoms with Crippen molar-refractivity contribution >= 4 is 35.0 Å². The Morgan fingerprint density at radius 2 is 2.13 bits per heavy atom. The average molecular weight is 446 g/mol. The maximum atomic E-state index is 6.07. The summed E-state index contributed by atoms with van der Waals surface area (Å²) >= 11 is 12.1. The van der Waals surface area contributed by atoms with Crippen molar-refractivity contribution in [1.82, 2.24) is 24.7 Å². The topological polar surface area (TPSA) is 81.0 Å². The van der Waals surface area contributed by atoms with Crippen molar-refractivity contribution in [2.75, 3.05) is 16.8 Å². The number of aryl methyl sites for hydroxylation is 1. The standard InChI is InChI=1S/C20H21Cl2N7O/c1-2-6-29-20(30-14-5-3-4-13(21)8-14)26-19(27-29)25-18-12-7-15(18)28(10-12)17-9-16(22)23-11-24-17/h3-5,8-9,11-12,15,18H,2,6-7,10H2,1H3,(H,25,27). The fraction of sp³-hybridized carbons (Fsp3) is 0.400. The molecular formula is C20H21Cl2N7O. The monoisotopic (exact) mass is 445 g/mol. The van der Waals surface area contributed by atoms with E-state index in [1.807, 2.05) is 18.2 Å². The van der Waals surface area contributed by atoms with Crippen LogP contribution < -0.4 is 15.0 Å². The Kier molecular flexibility index (Phi) is 5.12. The molecule has 3 unspecified atom stereocenters. The van der Waals surface area contributed by atoms with Crippen LogP contribution in [0.2, 0.25) is 10.2 Å². The second-order valence-electron chi connectivity index (χ2n) is 7.59. The third-order valence-electron chi connectivity index (χ3n) is 5.59. The lowest BCUT2D eigenvalue weighted by Gasteiger charge is -2.36. The number of rotatable bonds is 7. The van der Waals surface area contributed by atoms with Crippen molar-refractivity contribution in [3.8, 4) is 11.8 Å². The molecule has 0 radical (unpaired) electrons. The van der Waals surface area contributed by atoms with Crippen LogP contribution in [0.15, 0.2) is 36.7 Å². The van der Waals surface area contributed by atoms with E-state index in [1.54, 1.807) is 16.8 Å². The molecule has 2 aliphatic heterocycles. The van der Waals surface area contributed by atoms with Gasteiger partial charge in [-0.25, -0.2) is 14.6 Å². The van der Waals surface area contributed by atoms with Crippen molar-refractivity contribution < 1.29 is 4.74 Å². The number of halogens is 2. The highest BCUT2D eigenvalue weighted by molar-refractivity contribution is 6.30. The van der Waals surface area contributed by atoms with E-state index in [0.29, 0.717) is 46.4 Å². The molecule has 3 aliphatic rings. The number of aromatic nitrogens is 5. The summed E-state index contributed by atoms with van der Waals surface area (Å²) in [6.45, 7) is 3.74. The molecule has 2 bridgehead atoms. The predicted octanol–water partition coefficient (Wildman–Crippen LogP) is 4.27. The Morgan fingerprint density at radius 1 is 1.23 bits per heavy atom. The highest BCUT2D eigenvalue weighted by Crippen LogP contribution is 2.44. The summed E-state index contributed by atoms with van der Waals surface area (Å²) in [5.41, 5.74) is 0. The molecule has 1 N–H and O–H groups in total. The number of nitrogens with one attached hydrogen (secondary N) is 1. The lowest BCUT2D eigenvalue weighted by atomic mass is 9.80. The summed E-state index contributed by atoms with van der Waals surface area (Å²) in [6, 6.07) is 10.1. The first-order chi connectivity index (χ1) is 14.6. The molecule has 2 aromatic heterocycles. The Labute approximate surface area is 184 Å². The van der Waals surface area contributed by atoms with Gasteiger partial charge >= 0.3 is 6.01 Å². The van der Waals surface area contributed by atoms with E-state index >= 15 is 0 Å². The molecule has 1 aromatic carbocycles. The van der Waals surface area contributed by atoms with Gasteiger partial charge in [-0.1, -0.05) is 36.2 Å². The van der Waals surface area contributed by atoms with Crippen LogP contribution in [0.4, 0.5) is 11.8 Å². The summed E-state index contributed by atoms with van der Waals surface area (Å²) in [5, 5.41) is 9.19. The smallest absolute Gasteiger partial charge is 0.322 e. The molecule has 1 saturated carbocycles. The van der Waals surface area contributed by atoms with Gasteiger partial charge in [-0.05, 0) is 31.0 Å². The summed E-state index contributed by atoms with van der Waals surface area (Å²) in [6.07, 6.45) is 3.54. The van der Waals surface area contributed by atoms with E-state index in [4.69, 9.17) is 27.9 Å². The number of hydrogen-bond acceptors (Lipinski definition) is 7. The molecule has 1 aliphatic carbocycles. The van der Waals surface area contributed by atoms with Crippen LogP contribution in [-0.4, -0.2) is 43.4 Å². The Hall–Kier alpha value is -2.58. The first-order valence-corrected chi connectivity index (χ1v) is 10.8. The van der Waals surface area contributed by atoms with Crippen molar-refractivity contribution in [1.29, 1.82) is 0 Å². The van der Waals surface area contributed by atoms with E-state index in [2.05, 4.69) is 37.2 Å². The first kappa shape index (κ1) is 19.4. The van der Waals surface area contributed by atoms with Gasteiger partial charge in [0.1, 0.15) is 23.0 Å². The Bertz CT molecular complexity index is 1060. The third-order valence-corrected chi connectivity index (χ3v) is 6.03. The van der Waals surface area contributed by atoms with Crippen LogP contribution in [-0.2, 0) is 6.54 Å². The molecule has 8 nitrogen and oxygen atoms in total. The number of nitrogens with zero attached hydrogens (tertiary/aromatic N) is 6. The minimum Gasteiger partial charge on any atom is -0.424 e. The van der Waals surface area contributed by atoms with Gasteiger partial charge in [-0.2, -0.15) is 4.98 Å². The zero-order valence-electron chi connectivity index (χ0n) is 16.4. The SMILES string of the molecule is CCCn1nc(NC2C3CC2N(c2cc(Cl)ncn2)C3)nc1Oc1cccc(Cl)c1. The van der Waals surface area contributed by atoms with E-state index < -0.39 is 0 Å². The number of benzene rings is 1. The number of anilines is 2. The third kappa shape index (κ3) is 3.65. The molecular weight excluding hydrogens is 425 g/mol. The predicted molar refractivity (Wildman–Crippen MR) is 116 cm³/mol. The van der Waals surface area contributed by atoms with Crippen LogP contribution in [0, 0.1) is 5.92 Å². The molecule has 2 saturated heterocycles. The molecule has 156 valence electrons. The lowest BCUT2D eigenvalue weighted by Crippen LogP contribution is -2.49. The van der Waals surface area contributed by atoms with Gasteiger partial charge < -0.3 is 15.0 Å². The highest BCUT2D eigenvalue weighted by Gasteiger charge is 2.53. The fourth-order valence-corrected chi connectivity index (χ4v) is 4.51. The number of hydrogen-bond donors (Lipinski definition) is 1. The van der Waals surface area contributed by atoms with Gasteiger partial charge in [-0.15, -0.1) is 5.10 Å². The summed E-state index contributed by atoms with van der Waals surface area (Å²) in [5.74, 6) is 2.58. The van der Waals surface area contributed by atoms with Gasteiger partial charge in [0.15, 0.2) is 0 Å². The molecule has 0 amide bonds. The molecule has 30 heavy (non-hydrogen) atoms. The lowest BCUT2D eigenvalue weighted by molar-refractivity contribution is 0.332. The zero-order chi connectivity index (χ0) is 20.7. The fourth-order valence-electron chi connectivity index (χ4n) is 4.18. The number of fused-ring (bicyclic) bond motifs is 1. The van der Waals surface area contributed by atoms with E-state index in [0.717, 1.165) is 25.2 Å². The van der Waals surface area contributed by atoms with Crippen molar-refractivity contribution in [2.45, 2.75) is 38.4 Å². The van der Waals surface area contributed by atoms with Crippen molar-refractivity contribution in [3.05, 3.63) is 46.8 Å². The zero-order valence-corrected chi connectivity index (χ0v) is 17.9. The van der Waals surface area contributed by atoms with E-state index in [1.165, 1.54) is 6.33 Å². The van der Waals surface area contributed by atoms with Crippen LogP contribution in [0.1, 0.15) is 19.8 Å². The quantitative estimate of drug-likeness (QED) is 0.543. The molecule has 4 heterocycles. The molecule has 3 atom stereocenters. The largest absolute Gasteiger partial charge is 0.424 e. The second kappa shape index (κ2) is 7.92.